The quantitative estimate of drug-likeness (QED) is 0.624. The van der Waals surface area contributed by atoms with Crippen LogP contribution in [0.25, 0.3) is 12.2 Å². The summed E-state index contributed by atoms with van der Waals surface area (Å²) in [5, 5.41) is 0.914. The summed E-state index contributed by atoms with van der Waals surface area (Å²) >= 11 is 13.2. The second kappa shape index (κ2) is 8.65. The van der Waals surface area contributed by atoms with Gasteiger partial charge in [-0.25, -0.2) is 0 Å². The minimum atomic E-state index is -0.300. The average Bonchev–Trinajstić information content (AvgIpc) is 3.00. The first-order valence-electron chi connectivity index (χ1n) is 8.05. The Morgan fingerprint density at radius 1 is 1.11 bits per heavy atom. The number of benzene rings is 2. The van der Waals surface area contributed by atoms with Crippen LogP contribution >= 0.6 is 34.5 Å². The molecule has 144 valence electrons. The van der Waals surface area contributed by atoms with Crippen molar-refractivity contribution in [1.82, 2.24) is 4.98 Å². The third kappa shape index (κ3) is 4.47. The lowest BCUT2D eigenvalue weighted by Crippen LogP contribution is -2.20. The van der Waals surface area contributed by atoms with Crippen molar-refractivity contribution in [3.63, 3.8) is 0 Å². The van der Waals surface area contributed by atoms with Gasteiger partial charge in [0, 0.05) is 16.7 Å². The maximum atomic E-state index is 12.3. The number of hydrogen-bond acceptors (Lipinski definition) is 5. The number of hydrogen-bond donors (Lipinski definition) is 1. The van der Waals surface area contributed by atoms with Crippen molar-refractivity contribution < 1.29 is 14.3 Å². The normalized spacial score (nSPS) is 12.3. The van der Waals surface area contributed by atoms with E-state index in [0.29, 0.717) is 41.9 Å². The summed E-state index contributed by atoms with van der Waals surface area (Å²) in [7, 11) is 3.00. The van der Waals surface area contributed by atoms with Crippen molar-refractivity contribution in [2.45, 2.75) is 0 Å². The molecule has 0 saturated carbocycles. The number of thiazole rings is 1. The Morgan fingerprint density at radius 2 is 1.82 bits per heavy atom. The first kappa shape index (κ1) is 20.2. The van der Waals surface area contributed by atoms with Crippen LogP contribution in [0.4, 0.5) is 0 Å². The molecule has 0 aliphatic rings. The van der Waals surface area contributed by atoms with Gasteiger partial charge < -0.3 is 14.5 Å². The van der Waals surface area contributed by atoms with Gasteiger partial charge >= 0.3 is 0 Å². The first-order chi connectivity index (χ1) is 13.4. The van der Waals surface area contributed by atoms with Gasteiger partial charge in [0.1, 0.15) is 0 Å². The smallest absolute Gasteiger partial charge is 0.266 e. The lowest BCUT2D eigenvalue weighted by molar-refractivity contribution is 0.106. The van der Waals surface area contributed by atoms with Crippen LogP contribution in [0, 0.1) is 0 Å². The highest BCUT2D eigenvalue weighted by Gasteiger charge is 2.10. The Hall–Kier alpha value is -2.54. The number of ether oxygens (including phenoxy) is 2. The van der Waals surface area contributed by atoms with E-state index in [4.69, 9.17) is 32.7 Å². The number of halogens is 2. The molecular formula is C20H15Cl2NO4S. The van der Waals surface area contributed by atoms with Gasteiger partial charge in [-0.15, -0.1) is 11.3 Å². The molecule has 0 aliphatic heterocycles. The lowest BCUT2D eigenvalue weighted by atomic mass is 10.1. The van der Waals surface area contributed by atoms with Crippen LogP contribution in [0.3, 0.4) is 0 Å². The Kier molecular flexibility index (Phi) is 6.24. The molecule has 1 aromatic heterocycles. The molecule has 28 heavy (non-hydrogen) atoms. The van der Waals surface area contributed by atoms with Crippen LogP contribution in [-0.4, -0.2) is 25.0 Å². The summed E-state index contributed by atoms with van der Waals surface area (Å²) in [4.78, 5) is 27.3. The molecule has 0 amide bonds. The van der Waals surface area contributed by atoms with Gasteiger partial charge in [-0.3, -0.25) is 9.59 Å². The van der Waals surface area contributed by atoms with Crippen LogP contribution in [0.2, 0.25) is 10.0 Å². The monoisotopic (exact) mass is 435 g/mol. The topological polar surface area (TPSA) is 68.4 Å². The molecule has 0 unspecified atom stereocenters. The van der Waals surface area contributed by atoms with Crippen molar-refractivity contribution in [2.24, 2.45) is 0 Å². The fourth-order valence-corrected chi connectivity index (χ4v) is 3.82. The zero-order chi connectivity index (χ0) is 20.3. The van der Waals surface area contributed by atoms with Crippen molar-refractivity contribution in [1.29, 1.82) is 0 Å². The molecule has 0 bridgehead atoms. The molecule has 8 heteroatoms. The van der Waals surface area contributed by atoms with E-state index in [-0.39, 0.29) is 11.3 Å². The number of aromatic nitrogens is 1. The predicted molar refractivity (Wildman–Crippen MR) is 113 cm³/mol. The third-order valence-electron chi connectivity index (χ3n) is 3.83. The maximum Gasteiger partial charge on any atom is 0.266 e. The van der Waals surface area contributed by atoms with E-state index >= 15 is 0 Å². The van der Waals surface area contributed by atoms with Crippen molar-refractivity contribution in [3.8, 4) is 11.5 Å². The molecule has 0 fully saturated rings. The van der Waals surface area contributed by atoms with Gasteiger partial charge in [0.25, 0.3) is 5.56 Å². The lowest BCUT2D eigenvalue weighted by Gasteiger charge is -2.09. The molecule has 0 aliphatic carbocycles. The molecule has 1 N–H and O–H groups in total. The van der Waals surface area contributed by atoms with Crippen LogP contribution in [0.15, 0.2) is 41.2 Å². The molecule has 0 radical (unpaired) electrons. The van der Waals surface area contributed by atoms with Gasteiger partial charge in [0.2, 0.25) is 0 Å². The van der Waals surface area contributed by atoms with E-state index in [1.165, 1.54) is 31.6 Å². The molecule has 1 heterocycles. The molecule has 3 aromatic rings. The minimum absolute atomic E-state index is 0.227. The van der Waals surface area contributed by atoms with Crippen molar-refractivity contribution >= 4 is 52.5 Å². The minimum Gasteiger partial charge on any atom is -0.493 e. The van der Waals surface area contributed by atoms with E-state index in [1.807, 2.05) is 0 Å². The predicted octanol–water partition coefficient (Wildman–Crippen LogP) is 3.25. The number of Topliss-reactive ketones (excluding diaryl/α,β-unsaturated/α-hetero) is 1. The van der Waals surface area contributed by atoms with E-state index < -0.39 is 0 Å². The van der Waals surface area contributed by atoms with E-state index in [0.717, 1.165) is 0 Å². The molecule has 0 saturated heterocycles. The first-order valence-corrected chi connectivity index (χ1v) is 9.62. The fraction of sp³-hybridized carbons (Fsp3) is 0.100. The summed E-state index contributed by atoms with van der Waals surface area (Å²) in [6.45, 7) is 0. The molecule has 3 rings (SSSR count). The SMILES string of the molecule is COc1cc(/C=c2\s/c(=C\C(=O)c3ccc(Cl)cc3)[nH]c2=O)cc(Cl)c1OC. The Bertz CT molecular complexity index is 1200. The Morgan fingerprint density at radius 3 is 2.46 bits per heavy atom. The Labute approximate surface area is 174 Å². The molecule has 2 aromatic carbocycles. The average molecular weight is 436 g/mol. The van der Waals surface area contributed by atoms with Crippen LogP contribution in [0.5, 0.6) is 11.5 Å². The highest BCUT2D eigenvalue weighted by molar-refractivity contribution is 7.07. The zero-order valence-corrected chi connectivity index (χ0v) is 17.2. The number of carbonyl (C=O) groups is 1. The second-order valence-electron chi connectivity index (χ2n) is 5.68. The van der Waals surface area contributed by atoms with Crippen molar-refractivity contribution in [3.05, 3.63) is 77.1 Å². The number of rotatable bonds is 5. The number of nitrogens with one attached hydrogen (secondary N) is 1. The molecule has 5 nitrogen and oxygen atoms in total. The van der Waals surface area contributed by atoms with Crippen molar-refractivity contribution in [2.75, 3.05) is 14.2 Å². The number of methoxy groups -OCH3 is 2. The van der Waals surface area contributed by atoms with Crippen LogP contribution in [0.1, 0.15) is 15.9 Å². The van der Waals surface area contributed by atoms with Crippen LogP contribution in [-0.2, 0) is 0 Å². The summed E-state index contributed by atoms with van der Waals surface area (Å²) in [6.07, 6.45) is 3.05. The largest absolute Gasteiger partial charge is 0.493 e. The fourth-order valence-electron chi connectivity index (χ4n) is 2.51. The summed E-state index contributed by atoms with van der Waals surface area (Å²) < 4.78 is 11.4. The van der Waals surface area contributed by atoms with Gasteiger partial charge in [-0.2, -0.15) is 0 Å². The van der Waals surface area contributed by atoms with E-state index in [9.17, 15) is 9.59 Å². The summed E-state index contributed by atoms with van der Waals surface area (Å²) in [5.41, 5.74) is 0.854. The summed E-state index contributed by atoms with van der Waals surface area (Å²) in [5.74, 6) is 0.651. The van der Waals surface area contributed by atoms with Crippen LogP contribution < -0.4 is 24.2 Å². The number of carbonyl (C=O) groups excluding carboxylic acids is 1. The highest BCUT2D eigenvalue weighted by Crippen LogP contribution is 2.36. The zero-order valence-electron chi connectivity index (χ0n) is 14.9. The standard InChI is InChI=1S/C20H15Cl2NO4S/c1-26-16-8-11(7-14(22)19(16)27-2)9-17-20(25)23-18(28-17)10-15(24)12-3-5-13(21)6-4-12/h3-10H,1-2H3,(H,23,25)/b17-9-,18-10-. The Balaban J connectivity index is 2.00. The maximum absolute atomic E-state index is 12.3. The molecular weight excluding hydrogens is 421 g/mol. The number of aromatic amines is 1. The van der Waals surface area contributed by atoms with Gasteiger partial charge in [-0.1, -0.05) is 23.2 Å². The van der Waals surface area contributed by atoms with Gasteiger partial charge in [0.05, 0.1) is 28.4 Å². The number of H-pyrrole nitrogens is 1. The summed E-state index contributed by atoms with van der Waals surface area (Å²) in [6, 6.07) is 9.92. The second-order valence-corrected chi connectivity index (χ2v) is 7.61. The highest BCUT2D eigenvalue weighted by atomic mass is 35.5. The van der Waals surface area contributed by atoms with Gasteiger partial charge in [-0.05, 0) is 48.0 Å². The molecule has 0 spiro atoms. The van der Waals surface area contributed by atoms with E-state index in [2.05, 4.69) is 4.98 Å². The van der Waals surface area contributed by atoms with E-state index in [1.54, 1.807) is 42.5 Å². The molecule has 0 atom stereocenters. The number of ketones is 1. The third-order valence-corrected chi connectivity index (χ3v) is 5.32. The van der Waals surface area contributed by atoms with Gasteiger partial charge in [0.15, 0.2) is 17.3 Å².